The molecule has 0 spiro atoms. The first kappa shape index (κ1) is 23.9. The van der Waals surface area contributed by atoms with E-state index in [9.17, 15) is 20.1 Å². The number of phenolic OH excluding ortho intramolecular Hbond substituents is 1. The fraction of sp³-hybridized carbons (Fsp3) is 0.240. The minimum atomic E-state index is -0.592. The van der Waals surface area contributed by atoms with E-state index in [-0.39, 0.29) is 21.5 Å². The second-order valence-corrected chi connectivity index (χ2v) is 10.5. The van der Waals surface area contributed by atoms with Gasteiger partial charge in [-0.1, -0.05) is 6.07 Å². The zero-order valence-electron chi connectivity index (χ0n) is 17.7. The van der Waals surface area contributed by atoms with Gasteiger partial charge in [0, 0.05) is 0 Å². The number of carbonyl (C=O) groups excluding carboxylic acids is 1. The van der Waals surface area contributed by atoms with Gasteiger partial charge in [-0.25, -0.2) is 0 Å². The Morgan fingerprint density at radius 1 is 0.906 bits per heavy atom. The van der Waals surface area contributed by atoms with Crippen molar-refractivity contribution in [2.45, 2.75) is 29.0 Å². The van der Waals surface area contributed by atoms with Crippen LogP contribution in [0, 0.1) is 0 Å². The van der Waals surface area contributed by atoms with Gasteiger partial charge in [0.2, 0.25) is 0 Å². The summed E-state index contributed by atoms with van der Waals surface area (Å²) >= 11 is -0.337. The van der Waals surface area contributed by atoms with Gasteiger partial charge in [-0.05, 0) is 0 Å². The average molecular weight is 496 g/mol. The molecule has 0 aromatic heterocycles. The minimum absolute atomic E-state index is 0.0171. The molecule has 32 heavy (non-hydrogen) atoms. The van der Waals surface area contributed by atoms with Crippen LogP contribution in [-0.4, -0.2) is 44.0 Å². The number of rotatable bonds is 12. The summed E-state index contributed by atoms with van der Waals surface area (Å²) in [4.78, 5) is 10.6. The Kier molecular flexibility index (Phi) is 9.17. The molecule has 0 bridgehead atoms. The van der Waals surface area contributed by atoms with E-state index in [1.807, 2.05) is 42.5 Å². The first-order valence-corrected chi connectivity index (χ1v) is 13.5. The standard InChI is InChI=1S/C25H29AsN2O4/c29-17-28-22-14-20(8-11-23(22)30)24(31)15-26-13-12-18-6-9-21(10-7-18)27-16-25(32)19-4-2-1-3-5-19/h1-11,14,17,24-27,30-32H,12-13,15-16H2,(H,28,29). The quantitative estimate of drug-likeness (QED) is 0.114. The van der Waals surface area contributed by atoms with Crippen molar-refractivity contribution in [3.63, 3.8) is 0 Å². The van der Waals surface area contributed by atoms with Crippen LogP contribution in [0.5, 0.6) is 5.75 Å². The number of aromatic hydroxyl groups is 1. The summed E-state index contributed by atoms with van der Waals surface area (Å²) in [6.45, 7) is 0.453. The third kappa shape index (κ3) is 7.13. The van der Waals surface area contributed by atoms with Gasteiger partial charge in [-0.3, -0.25) is 0 Å². The molecule has 3 rings (SSSR count). The van der Waals surface area contributed by atoms with E-state index in [1.54, 1.807) is 12.1 Å². The van der Waals surface area contributed by atoms with Crippen LogP contribution in [0.2, 0.25) is 10.4 Å². The van der Waals surface area contributed by atoms with Gasteiger partial charge >= 0.3 is 189 Å². The van der Waals surface area contributed by atoms with E-state index in [0.717, 1.165) is 28.1 Å². The summed E-state index contributed by atoms with van der Waals surface area (Å²) in [5.41, 5.74) is 4.12. The number of aryl methyl sites for hydroxylation is 1. The fourth-order valence-corrected chi connectivity index (χ4v) is 5.80. The molecule has 5 N–H and O–H groups in total. The molecule has 0 aliphatic rings. The number of amides is 1. The molecule has 0 radical (unpaired) electrons. The molecule has 1 amide bonds. The van der Waals surface area contributed by atoms with E-state index in [0.29, 0.717) is 24.2 Å². The van der Waals surface area contributed by atoms with E-state index < -0.39 is 12.2 Å². The number of hydrogen-bond donors (Lipinski definition) is 5. The zero-order valence-corrected chi connectivity index (χ0v) is 19.8. The Bertz CT molecular complexity index is 983. The molecule has 3 aromatic rings. The van der Waals surface area contributed by atoms with Crippen molar-refractivity contribution in [2.75, 3.05) is 17.2 Å². The van der Waals surface area contributed by atoms with Crippen molar-refractivity contribution in [3.05, 3.63) is 89.5 Å². The molecule has 3 aromatic carbocycles. The van der Waals surface area contributed by atoms with Crippen molar-refractivity contribution in [1.82, 2.24) is 0 Å². The van der Waals surface area contributed by atoms with Crippen LogP contribution in [0.1, 0.15) is 28.9 Å². The van der Waals surface area contributed by atoms with Crippen LogP contribution in [-0.2, 0) is 11.2 Å². The normalized spacial score (nSPS) is 13.1. The van der Waals surface area contributed by atoms with Crippen molar-refractivity contribution < 1.29 is 20.1 Å². The molecule has 7 heteroatoms. The van der Waals surface area contributed by atoms with Gasteiger partial charge in [0.05, 0.1) is 0 Å². The predicted molar refractivity (Wildman–Crippen MR) is 130 cm³/mol. The number of hydrogen-bond acceptors (Lipinski definition) is 5. The third-order valence-corrected chi connectivity index (χ3v) is 7.87. The molecule has 0 saturated heterocycles. The van der Waals surface area contributed by atoms with Gasteiger partial charge in [0.1, 0.15) is 0 Å². The van der Waals surface area contributed by atoms with E-state index >= 15 is 0 Å². The molecular weight excluding hydrogens is 467 g/mol. The molecule has 0 saturated carbocycles. The molecule has 0 aliphatic heterocycles. The fourth-order valence-electron chi connectivity index (χ4n) is 3.33. The van der Waals surface area contributed by atoms with Crippen LogP contribution in [0.3, 0.4) is 0 Å². The van der Waals surface area contributed by atoms with Crippen molar-refractivity contribution >= 4 is 33.5 Å². The summed E-state index contributed by atoms with van der Waals surface area (Å²) in [6.07, 6.45) is 0.329. The van der Waals surface area contributed by atoms with E-state index in [1.165, 1.54) is 11.6 Å². The molecule has 3 unspecified atom stereocenters. The maximum absolute atomic E-state index is 10.6. The van der Waals surface area contributed by atoms with Crippen LogP contribution >= 0.6 is 0 Å². The molecule has 3 atom stereocenters. The molecule has 6 nitrogen and oxygen atoms in total. The van der Waals surface area contributed by atoms with Crippen LogP contribution in [0.15, 0.2) is 72.8 Å². The summed E-state index contributed by atoms with van der Waals surface area (Å²) in [6, 6.07) is 22.6. The maximum atomic E-state index is 10.6. The Morgan fingerprint density at radius 2 is 1.66 bits per heavy atom. The third-order valence-electron chi connectivity index (χ3n) is 5.19. The molecule has 0 heterocycles. The van der Waals surface area contributed by atoms with E-state index in [2.05, 4.69) is 22.8 Å². The zero-order chi connectivity index (χ0) is 22.8. The number of nitrogens with one attached hydrogen (secondary N) is 2. The monoisotopic (exact) mass is 496 g/mol. The summed E-state index contributed by atoms with van der Waals surface area (Å²) < 4.78 is 0. The van der Waals surface area contributed by atoms with Gasteiger partial charge in [-0.2, -0.15) is 0 Å². The summed E-state index contributed by atoms with van der Waals surface area (Å²) in [5.74, 6) is -0.0171. The van der Waals surface area contributed by atoms with E-state index in [4.69, 9.17) is 0 Å². The predicted octanol–water partition coefficient (Wildman–Crippen LogP) is 3.66. The number of aliphatic hydroxyl groups excluding tert-OH is 2. The van der Waals surface area contributed by atoms with Crippen molar-refractivity contribution in [1.29, 1.82) is 0 Å². The average Bonchev–Trinajstić information content (AvgIpc) is 2.83. The SMILES string of the molecule is O=CNc1cc(C(O)C[AsH]CCc2ccc(NCC(O)c3ccccc3)cc2)ccc1O. The first-order chi connectivity index (χ1) is 15.6. The summed E-state index contributed by atoms with van der Waals surface area (Å²) in [7, 11) is 0. The van der Waals surface area contributed by atoms with Crippen LogP contribution in [0.25, 0.3) is 0 Å². The Labute approximate surface area is 195 Å². The van der Waals surface area contributed by atoms with Crippen molar-refractivity contribution in [2.24, 2.45) is 0 Å². The second-order valence-electron chi connectivity index (χ2n) is 7.51. The number of phenols is 1. The second kappa shape index (κ2) is 12.3. The molecular formula is C25H29AsN2O4. The number of benzene rings is 3. The van der Waals surface area contributed by atoms with Crippen molar-refractivity contribution in [3.8, 4) is 5.75 Å². The molecule has 0 aliphatic carbocycles. The topological polar surface area (TPSA) is 102 Å². The number of carbonyl (C=O) groups is 1. The Balaban J connectivity index is 1.40. The summed E-state index contributed by atoms with van der Waals surface area (Å²) in [5, 5.41) is 37.9. The van der Waals surface area contributed by atoms with Gasteiger partial charge in [0.15, 0.2) is 0 Å². The number of anilines is 2. The van der Waals surface area contributed by atoms with Crippen LogP contribution in [0.4, 0.5) is 11.4 Å². The molecule has 168 valence electrons. The Morgan fingerprint density at radius 3 is 2.38 bits per heavy atom. The first-order valence-electron chi connectivity index (χ1n) is 10.5. The van der Waals surface area contributed by atoms with Gasteiger partial charge in [-0.15, -0.1) is 0 Å². The number of aliphatic hydroxyl groups is 2. The van der Waals surface area contributed by atoms with Gasteiger partial charge < -0.3 is 0 Å². The van der Waals surface area contributed by atoms with Gasteiger partial charge in [0.25, 0.3) is 0 Å². The van der Waals surface area contributed by atoms with Crippen LogP contribution < -0.4 is 10.6 Å². The Hall–Kier alpha value is -2.79. The molecule has 0 fully saturated rings.